The van der Waals surface area contributed by atoms with Crippen molar-refractivity contribution in [3.8, 4) is 0 Å². The zero-order valence-corrected chi connectivity index (χ0v) is 11.0. The van der Waals surface area contributed by atoms with Crippen molar-refractivity contribution in [1.29, 1.82) is 0 Å². The van der Waals surface area contributed by atoms with E-state index < -0.39 is 5.79 Å². The first-order valence-corrected chi connectivity index (χ1v) is 6.33. The number of carbonyl (C=O) groups is 1. The Hall–Kier alpha value is -1.71. The van der Waals surface area contributed by atoms with Gasteiger partial charge in [-0.25, -0.2) is 0 Å². The first-order valence-electron chi connectivity index (χ1n) is 6.33. The Morgan fingerprint density at radius 2 is 1.74 bits per heavy atom. The van der Waals surface area contributed by atoms with Crippen LogP contribution in [0, 0.1) is 11.8 Å². The fraction of sp³-hybridized carbons (Fsp3) is 0.312. The highest BCUT2D eigenvalue weighted by atomic mass is 16.7. The zero-order valence-electron chi connectivity index (χ0n) is 11.0. The lowest BCUT2D eigenvalue weighted by Gasteiger charge is -2.43. The second-order valence-corrected chi connectivity index (χ2v) is 4.82. The first-order chi connectivity index (χ1) is 9.23. The van der Waals surface area contributed by atoms with Gasteiger partial charge in [-0.05, 0) is 11.1 Å². The SMILES string of the molecule is COC1(OC)C(=O)[C@H]2C=C[C@@H]1C=C2c1ccccc1. The van der Waals surface area contributed by atoms with E-state index in [4.69, 9.17) is 9.47 Å². The normalized spacial score (nSPS) is 27.5. The summed E-state index contributed by atoms with van der Waals surface area (Å²) in [4.78, 5) is 12.6. The molecule has 3 aliphatic carbocycles. The van der Waals surface area contributed by atoms with Gasteiger partial charge in [0.25, 0.3) is 0 Å². The van der Waals surface area contributed by atoms with E-state index in [0.717, 1.165) is 11.1 Å². The minimum atomic E-state index is -1.16. The molecule has 3 nitrogen and oxygen atoms in total. The summed E-state index contributed by atoms with van der Waals surface area (Å²) in [5, 5.41) is 0. The molecule has 0 heterocycles. The minimum absolute atomic E-state index is 0.0219. The van der Waals surface area contributed by atoms with Crippen LogP contribution in [0.4, 0.5) is 0 Å². The molecule has 1 aromatic rings. The van der Waals surface area contributed by atoms with Crippen molar-refractivity contribution < 1.29 is 14.3 Å². The van der Waals surface area contributed by atoms with Gasteiger partial charge in [0.2, 0.25) is 11.6 Å². The molecule has 1 aromatic carbocycles. The van der Waals surface area contributed by atoms with Crippen LogP contribution in [0.3, 0.4) is 0 Å². The number of hydrogen-bond acceptors (Lipinski definition) is 3. The number of Topliss-reactive ketones (excluding diaryl/α,β-unsaturated/α-hetero) is 1. The van der Waals surface area contributed by atoms with Gasteiger partial charge in [-0.3, -0.25) is 4.79 Å². The van der Waals surface area contributed by atoms with Gasteiger partial charge in [0.15, 0.2) is 0 Å². The highest BCUT2D eigenvalue weighted by Gasteiger charge is 2.53. The van der Waals surface area contributed by atoms with Crippen molar-refractivity contribution in [1.82, 2.24) is 0 Å². The highest BCUT2D eigenvalue weighted by molar-refractivity contribution is 6.03. The molecule has 0 spiro atoms. The number of ether oxygens (including phenoxy) is 2. The minimum Gasteiger partial charge on any atom is -0.346 e. The summed E-state index contributed by atoms with van der Waals surface area (Å²) < 4.78 is 10.8. The van der Waals surface area contributed by atoms with Gasteiger partial charge >= 0.3 is 0 Å². The lowest BCUT2D eigenvalue weighted by Crippen LogP contribution is -2.55. The summed E-state index contributed by atoms with van der Waals surface area (Å²) in [5.74, 6) is -1.63. The number of allylic oxidation sites excluding steroid dienone is 2. The monoisotopic (exact) mass is 256 g/mol. The number of rotatable bonds is 3. The predicted octanol–water partition coefficient (Wildman–Crippen LogP) is 2.44. The van der Waals surface area contributed by atoms with Gasteiger partial charge in [0.05, 0.1) is 11.8 Å². The number of fused-ring (bicyclic) bond motifs is 1. The van der Waals surface area contributed by atoms with Gasteiger partial charge in [0, 0.05) is 14.2 Å². The molecule has 2 atom stereocenters. The molecular formula is C16H16O3. The summed E-state index contributed by atoms with van der Waals surface area (Å²) >= 11 is 0. The van der Waals surface area contributed by atoms with E-state index in [9.17, 15) is 4.79 Å². The van der Waals surface area contributed by atoms with Gasteiger partial charge < -0.3 is 9.47 Å². The number of ketones is 1. The molecule has 0 N–H and O–H groups in total. The van der Waals surface area contributed by atoms with Crippen LogP contribution in [-0.4, -0.2) is 25.8 Å². The third kappa shape index (κ3) is 1.62. The molecule has 2 bridgehead atoms. The summed E-state index contributed by atoms with van der Waals surface area (Å²) in [6.07, 6.45) is 6.02. The Labute approximate surface area is 112 Å². The molecule has 19 heavy (non-hydrogen) atoms. The molecule has 98 valence electrons. The van der Waals surface area contributed by atoms with Crippen LogP contribution in [0.15, 0.2) is 48.6 Å². The van der Waals surface area contributed by atoms with Crippen molar-refractivity contribution in [2.45, 2.75) is 5.79 Å². The highest BCUT2D eigenvalue weighted by Crippen LogP contribution is 2.45. The first kappa shape index (κ1) is 12.3. The Morgan fingerprint density at radius 3 is 2.32 bits per heavy atom. The number of methoxy groups -OCH3 is 2. The second-order valence-electron chi connectivity index (χ2n) is 4.82. The number of carbonyl (C=O) groups excluding carboxylic acids is 1. The largest absolute Gasteiger partial charge is 0.346 e. The van der Waals surface area contributed by atoms with E-state index in [0.29, 0.717) is 0 Å². The average molecular weight is 256 g/mol. The molecular weight excluding hydrogens is 240 g/mol. The van der Waals surface area contributed by atoms with Crippen LogP contribution in [0.2, 0.25) is 0 Å². The lowest BCUT2D eigenvalue weighted by atomic mass is 9.69. The standard InChI is InChI=1S/C16H16O3/c1-18-16(19-2)12-8-9-13(15(16)17)14(10-12)11-6-4-3-5-7-11/h3-10,12-13H,1-2H3/t12-,13+/m1/s1. The maximum absolute atomic E-state index is 12.6. The molecule has 0 saturated carbocycles. The quantitative estimate of drug-likeness (QED) is 0.615. The molecule has 0 aromatic heterocycles. The molecule has 3 aliphatic rings. The van der Waals surface area contributed by atoms with Gasteiger partial charge in [-0.2, -0.15) is 0 Å². The average Bonchev–Trinajstić information content (AvgIpc) is 2.49. The predicted molar refractivity (Wildman–Crippen MR) is 72.3 cm³/mol. The Balaban J connectivity index is 2.08. The molecule has 0 fully saturated rings. The van der Waals surface area contributed by atoms with Gasteiger partial charge in [0.1, 0.15) is 0 Å². The van der Waals surface area contributed by atoms with Crippen LogP contribution in [0.5, 0.6) is 0 Å². The molecule has 0 aliphatic heterocycles. The van der Waals surface area contributed by atoms with Crippen molar-refractivity contribution in [3.63, 3.8) is 0 Å². The molecule has 4 rings (SSSR count). The number of benzene rings is 1. The van der Waals surface area contributed by atoms with Crippen LogP contribution in [-0.2, 0) is 14.3 Å². The molecule has 0 saturated heterocycles. The molecule has 0 amide bonds. The zero-order chi connectivity index (χ0) is 13.5. The number of hydrogen-bond donors (Lipinski definition) is 0. The Bertz CT molecular complexity index is 553. The topological polar surface area (TPSA) is 35.5 Å². The van der Waals surface area contributed by atoms with Gasteiger partial charge in [-0.1, -0.05) is 48.6 Å². The maximum atomic E-state index is 12.6. The van der Waals surface area contributed by atoms with Crippen molar-refractivity contribution >= 4 is 11.4 Å². The smallest absolute Gasteiger partial charge is 0.239 e. The summed E-state index contributed by atoms with van der Waals surface area (Å²) in [6.45, 7) is 0. The molecule has 0 radical (unpaired) electrons. The van der Waals surface area contributed by atoms with Crippen molar-refractivity contribution in [2.75, 3.05) is 14.2 Å². The third-order valence-electron chi connectivity index (χ3n) is 3.98. The van der Waals surface area contributed by atoms with E-state index >= 15 is 0 Å². The Morgan fingerprint density at radius 1 is 1.05 bits per heavy atom. The van der Waals surface area contributed by atoms with Crippen LogP contribution in [0.25, 0.3) is 5.57 Å². The van der Waals surface area contributed by atoms with E-state index in [1.54, 1.807) is 0 Å². The van der Waals surface area contributed by atoms with Crippen molar-refractivity contribution in [2.24, 2.45) is 11.8 Å². The summed E-state index contributed by atoms with van der Waals surface area (Å²) in [7, 11) is 3.04. The Kier molecular flexibility index (Phi) is 2.88. The fourth-order valence-electron chi connectivity index (χ4n) is 3.00. The van der Waals surface area contributed by atoms with Crippen molar-refractivity contribution in [3.05, 3.63) is 54.1 Å². The van der Waals surface area contributed by atoms with Crippen LogP contribution in [0.1, 0.15) is 5.56 Å². The van der Waals surface area contributed by atoms with E-state index in [1.165, 1.54) is 14.2 Å². The summed E-state index contributed by atoms with van der Waals surface area (Å²) in [6, 6.07) is 9.97. The third-order valence-corrected chi connectivity index (χ3v) is 3.98. The lowest BCUT2D eigenvalue weighted by molar-refractivity contribution is -0.222. The van der Waals surface area contributed by atoms with Crippen LogP contribution < -0.4 is 0 Å². The molecule has 3 heteroatoms. The maximum Gasteiger partial charge on any atom is 0.239 e. The summed E-state index contributed by atoms with van der Waals surface area (Å²) in [5.41, 5.74) is 2.12. The van der Waals surface area contributed by atoms with Crippen LogP contribution >= 0.6 is 0 Å². The van der Waals surface area contributed by atoms with E-state index in [1.807, 2.05) is 42.5 Å². The second kappa shape index (κ2) is 4.44. The van der Waals surface area contributed by atoms with Gasteiger partial charge in [-0.15, -0.1) is 0 Å². The molecule has 0 unspecified atom stereocenters. The van der Waals surface area contributed by atoms with E-state index in [2.05, 4.69) is 6.08 Å². The fourth-order valence-corrected chi connectivity index (χ4v) is 3.00. The van der Waals surface area contributed by atoms with E-state index in [-0.39, 0.29) is 17.6 Å².